The molecule has 1 aromatic heterocycles. The second kappa shape index (κ2) is 4.39. The van der Waals surface area contributed by atoms with Crippen molar-refractivity contribution >= 4 is 23.4 Å². The van der Waals surface area contributed by atoms with Gasteiger partial charge in [-0.1, -0.05) is 0 Å². The van der Waals surface area contributed by atoms with Crippen molar-refractivity contribution in [2.45, 2.75) is 6.42 Å². The number of nitrogens with one attached hydrogen (secondary N) is 1. The van der Waals surface area contributed by atoms with Gasteiger partial charge in [-0.05, 0) is 24.7 Å². The van der Waals surface area contributed by atoms with Gasteiger partial charge in [-0.25, -0.2) is 9.37 Å². The lowest BCUT2D eigenvalue weighted by atomic mass is 10.3. The molecule has 14 heavy (non-hydrogen) atoms. The molecule has 0 unspecified atom stereocenters. The summed E-state index contributed by atoms with van der Waals surface area (Å²) in [6.07, 6.45) is 0.691. The van der Waals surface area contributed by atoms with Crippen LogP contribution in [-0.4, -0.2) is 16.5 Å². The van der Waals surface area contributed by atoms with E-state index in [-0.39, 0.29) is 18.2 Å². The fourth-order valence-electron chi connectivity index (χ4n) is 1.29. The standard InChI is InChI=1S/C9H10FN3.ClH/c10-6-1-2-7-8(5-6)13-9(12-7)3-4-11;/h1-2,5H,3-4,11H2,(H,12,13);1H. The van der Waals surface area contributed by atoms with E-state index in [2.05, 4.69) is 9.97 Å². The second-order valence-corrected chi connectivity index (χ2v) is 2.88. The summed E-state index contributed by atoms with van der Waals surface area (Å²) >= 11 is 0. The summed E-state index contributed by atoms with van der Waals surface area (Å²) in [6.45, 7) is 0.544. The Kier molecular flexibility index (Phi) is 3.43. The number of fused-ring (bicyclic) bond motifs is 1. The summed E-state index contributed by atoms with van der Waals surface area (Å²) in [5.74, 6) is 0.554. The zero-order valence-corrected chi connectivity index (χ0v) is 8.27. The van der Waals surface area contributed by atoms with Crippen LogP contribution >= 0.6 is 12.4 Å². The highest BCUT2D eigenvalue weighted by Crippen LogP contribution is 2.12. The van der Waals surface area contributed by atoms with E-state index in [4.69, 9.17) is 5.73 Å². The Labute approximate surface area is 86.9 Å². The molecule has 0 radical (unpaired) electrons. The molecule has 1 heterocycles. The van der Waals surface area contributed by atoms with Crippen LogP contribution < -0.4 is 5.73 Å². The molecule has 0 amide bonds. The molecule has 76 valence electrons. The molecular weight excluding hydrogens is 205 g/mol. The van der Waals surface area contributed by atoms with Crippen molar-refractivity contribution in [3.05, 3.63) is 29.8 Å². The van der Waals surface area contributed by atoms with Gasteiger partial charge >= 0.3 is 0 Å². The van der Waals surface area contributed by atoms with E-state index in [0.717, 1.165) is 16.9 Å². The van der Waals surface area contributed by atoms with E-state index in [1.165, 1.54) is 12.1 Å². The first-order valence-corrected chi connectivity index (χ1v) is 4.14. The highest BCUT2D eigenvalue weighted by atomic mass is 35.5. The summed E-state index contributed by atoms with van der Waals surface area (Å²) < 4.78 is 12.8. The number of rotatable bonds is 2. The average molecular weight is 216 g/mol. The minimum atomic E-state index is -0.254. The fourth-order valence-corrected chi connectivity index (χ4v) is 1.29. The number of hydrogen-bond acceptors (Lipinski definition) is 2. The summed E-state index contributed by atoms with van der Waals surface area (Å²) in [5.41, 5.74) is 6.89. The third-order valence-corrected chi connectivity index (χ3v) is 1.87. The maximum Gasteiger partial charge on any atom is 0.125 e. The van der Waals surface area contributed by atoms with E-state index in [1.807, 2.05) is 0 Å². The highest BCUT2D eigenvalue weighted by Gasteiger charge is 2.02. The van der Waals surface area contributed by atoms with Crippen LogP contribution in [0, 0.1) is 5.82 Å². The van der Waals surface area contributed by atoms with Crippen LogP contribution in [0.3, 0.4) is 0 Å². The van der Waals surface area contributed by atoms with Gasteiger partial charge in [0.2, 0.25) is 0 Å². The van der Waals surface area contributed by atoms with Gasteiger partial charge in [0.25, 0.3) is 0 Å². The van der Waals surface area contributed by atoms with Gasteiger partial charge in [0.1, 0.15) is 11.6 Å². The smallest absolute Gasteiger partial charge is 0.125 e. The Morgan fingerprint density at radius 3 is 2.93 bits per heavy atom. The Hall–Kier alpha value is -1.13. The lowest BCUT2D eigenvalue weighted by molar-refractivity contribution is 0.629. The second-order valence-electron chi connectivity index (χ2n) is 2.88. The maximum atomic E-state index is 12.8. The number of nitrogens with two attached hydrogens (primary N) is 1. The van der Waals surface area contributed by atoms with Gasteiger partial charge < -0.3 is 10.7 Å². The SMILES string of the molecule is Cl.NCCc1nc2ccc(F)cc2[nH]1. The largest absolute Gasteiger partial charge is 0.342 e. The zero-order chi connectivity index (χ0) is 9.26. The van der Waals surface area contributed by atoms with Gasteiger partial charge in [-0.15, -0.1) is 12.4 Å². The fraction of sp³-hybridized carbons (Fsp3) is 0.222. The van der Waals surface area contributed by atoms with Crippen molar-refractivity contribution in [2.75, 3.05) is 6.54 Å². The Morgan fingerprint density at radius 1 is 1.43 bits per heavy atom. The van der Waals surface area contributed by atoms with E-state index in [0.29, 0.717) is 13.0 Å². The summed E-state index contributed by atoms with van der Waals surface area (Å²) in [4.78, 5) is 7.25. The number of nitrogens with zero attached hydrogens (tertiary/aromatic N) is 1. The Morgan fingerprint density at radius 2 is 2.21 bits per heavy atom. The monoisotopic (exact) mass is 215 g/mol. The predicted octanol–water partition coefficient (Wildman–Crippen LogP) is 1.62. The lowest BCUT2D eigenvalue weighted by Gasteiger charge is -1.87. The third-order valence-electron chi connectivity index (χ3n) is 1.87. The number of H-pyrrole nitrogens is 1. The Bertz CT molecular complexity index is 427. The number of benzene rings is 1. The number of aromatic nitrogens is 2. The van der Waals surface area contributed by atoms with E-state index in [1.54, 1.807) is 6.07 Å². The molecule has 0 aliphatic carbocycles. The topological polar surface area (TPSA) is 54.7 Å². The first-order valence-electron chi connectivity index (χ1n) is 4.14. The molecule has 0 spiro atoms. The molecule has 0 aliphatic rings. The van der Waals surface area contributed by atoms with Gasteiger partial charge in [0, 0.05) is 6.42 Å². The van der Waals surface area contributed by atoms with Crippen LogP contribution in [0.2, 0.25) is 0 Å². The molecule has 0 atom stereocenters. The van der Waals surface area contributed by atoms with Crippen molar-refractivity contribution in [1.82, 2.24) is 9.97 Å². The number of aromatic amines is 1. The molecule has 0 saturated carbocycles. The number of imidazole rings is 1. The van der Waals surface area contributed by atoms with Crippen molar-refractivity contribution in [2.24, 2.45) is 5.73 Å². The molecule has 0 aliphatic heterocycles. The highest BCUT2D eigenvalue weighted by molar-refractivity contribution is 5.85. The molecule has 0 fully saturated rings. The van der Waals surface area contributed by atoms with Crippen LogP contribution in [0.1, 0.15) is 5.82 Å². The van der Waals surface area contributed by atoms with Crippen molar-refractivity contribution in [3.8, 4) is 0 Å². The molecule has 2 rings (SSSR count). The van der Waals surface area contributed by atoms with E-state index in [9.17, 15) is 4.39 Å². The van der Waals surface area contributed by atoms with Crippen LogP contribution in [-0.2, 0) is 6.42 Å². The van der Waals surface area contributed by atoms with Crippen LogP contribution in [0.15, 0.2) is 18.2 Å². The van der Waals surface area contributed by atoms with E-state index >= 15 is 0 Å². The predicted molar refractivity (Wildman–Crippen MR) is 56.1 cm³/mol. The van der Waals surface area contributed by atoms with Gasteiger partial charge in [0.15, 0.2) is 0 Å². The minimum absolute atomic E-state index is 0. The van der Waals surface area contributed by atoms with Gasteiger partial charge in [-0.2, -0.15) is 0 Å². The van der Waals surface area contributed by atoms with Crippen LogP contribution in [0.5, 0.6) is 0 Å². The van der Waals surface area contributed by atoms with E-state index < -0.39 is 0 Å². The average Bonchev–Trinajstić information content (AvgIpc) is 2.46. The third kappa shape index (κ3) is 2.02. The molecular formula is C9H11ClFN3. The van der Waals surface area contributed by atoms with Gasteiger partial charge in [-0.3, -0.25) is 0 Å². The normalized spacial score (nSPS) is 10.1. The lowest BCUT2D eigenvalue weighted by Crippen LogP contribution is -2.03. The first-order chi connectivity index (χ1) is 6.29. The molecule has 0 saturated heterocycles. The van der Waals surface area contributed by atoms with Gasteiger partial charge in [0.05, 0.1) is 11.0 Å². The van der Waals surface area contributed by atoms with Crippen molar-refractivity contribution < 1.29 is 4.39 Å². The van der Waals surface area contributed by atoms with Crippen LogP contribution in [0.4, 0.5) is 4.39 Å². The Balaban J connectivity index is 0.000000980. The summed E-state index contributed by atoms with van der Waals surface area (Å²) in [5, 5.41) is 0. The van der Waals surface area contributed by atoms with Crippen molar-refractivity contribution in [1.29, 1.82) is 0 Å². The molecule has 3 N–H and O–H groups in total. The number of hydrogen-bond donors (Lipinski definition) is 2. The minimum Gasteiger partial charge on any atom is -0.342 e. The maximum absolute atomic E-state index is 12.8. The molecule has 0 bridgehead atoms. The molecule has 5 heteroatoms. The van der Waals surface area contributed by atoms with Crippen molar-refractivity contribution in [3.63, 3.8) is 0 Å². The molecule has 1 aromatic carbocycles. The molecule has 2 aromatic rings. The summed E-state index contributed by atoms with van der Waals surface area (Å²) in [7, 11) is 0. The molecule has 3 nitrogen and oxygen atoms in total. The summed E-state index contributed by atoms with van der Waals surface area (Å²) in [6, 6.07) is 4.49. The van der Waals surface area contributed by atoms with Crippen LogP contribution in [0.25, 0.3) is 11.0 Å². The first kappa shape index (κ1) is 10.9. The zero-order valence-electron chi connectivity index (χ0n) is 7.46. The quantitative estimate of drug-likeness (QED) is 0.800. The number of halogens is 2.